The van der Waals surface area contributed by atoms with Crippen LogP contribution in [0.2, 0.25) is 0 Å². The van der Waals surface area contributed by atoms with Crippen molar-refractivity contribution in [1.29, 1.82) is 0 Å². The van der Waals surface area contributed by atoms with Gasteiger partial charge in [-0.15, -0.1) is 0 Å². The summed E-state index contributed by atoms with van der Waals surface area (Å²) in [4.78, 5) is 2.44. The van der Waals surface area contributed by atoms with Gasteiger partial charge in [-0.25, -0.2) is 0 Å². The van der Waals surface area contributed by atoms with Crippen molar-refractivity contribution in [1.82, 2.24) is 10.2 Å². The van der Waals surface area contributed by atoms with E-state index in [1.165, 1.54) is 5.56 Å². The first kappa shape index (κ1) is 15.3. The average Bonchev–Trinajstić information content (AvgIpc) is 2.66. The monoisotopic (exact) mass is 278 g/mol. The quantitative estimate of drug-likeness (QED) is 0.826. The molecule has 4 heteroatoms. The van der Waals surface area contributed by atoms with E-state index in [4.69, 9.17) is 9.47 Å². The van der Waals surface area contributed by atoms with Crippen LogP contribution in [0.5, 0.6) is 5.75 Å². The number of benzene rings is 1. The Morgan fingerprint density at radius 1 is 1.40 bits per heavy atom. The van der Waals surface area contributed by atoms with Gasteiger partial charge in [0.25, 0.3) is 0 Å². The van der Waals surface area contributed by atoms with Crippen LogP contribution in [0, 0.1) is 0 Å². The minimum absolute atomic E-state index is 0.380. The summed E-state index contributed by atoms with van der Waals surface area (Å²) in [5.41, 5.74) is 1.27. The Morgan fingerprint density at radius 3 is 3.05 bits per heavy atom. The Morgan fingerprint density at radius 2 is 2.25 bits per heavy atom. The molecule has 0 amide bonds. The molecular formula is C16H26N2O2. The van der Waals surface area contributed by atoms with E-state index in [0.717, 1.165) is 51.6 Å². The van der Waals surface area contributed by atoms with Gasteiger partial charge < -0.3 is 14.8 Å². The zero-order valence-corrected chi connectivity index (χ0v) is 12.6. The van der Waals surface area contributed by atoms with Gasteiger partial charge in [0.1, 0.15) is 12.4 Å². The fraction of sp³-hybridized carbons (Fsp3) is 0.625. The smallest absolute Gasteiger partial charge is 0.123 e. The molecule has 0 fully saturated rings. The van der Waals surface area contributed by atoms with E-state index in [9.17, 15) is 0 Å². The Bertz CT molecular complexity index is 398. The molecule has 0 spiro atoms. The van der Waals surface area contributed by atoms with Gasteiger partial charge in [0.05, 0.1) is 6.61 Å². The van der Waals surface area contributed by atoms with Crippen LogP contribution in [-0.2, 0) is 11.3 Å². The van der Waals surface area contributed by atoms with E-state index in [1.54, 1.807) is 7.11 Å². The molecule has 0 radical (unpaired) electrons. The molecule has 1 aromatic carbocycles. The van der Waals surface area contributed by atoms with Crippen LogP contribution in [0.1, 0.15) is 18.9 Å². The summed E-state index contributed by atoms with van der Waals surface area (Å²) in [7, 11) is 1.77. The fourth-order valence-corrected chi connectivity index (χ4v) is 2.57. The summed E-state index contributed by atoms with van der Waals surface area (Å²) < 4.78 is 11.1. The summed E-state index contributed by atoms with van der Waals surface area (Å²) in [5, 5.41) is 3.55. The van der Waals surface area contributed by atoms with Crippen LogP contribution in [0.25, 0.3) is 0 Å². The van der Waals surface area contributed by atoms with Crippen LogP contribution in [0.15, 0.2) is 24.3 Å². The molecule has 1 heterocycles. The van der Waals surface area contributed by atoms with Gasteiger partial charge in [0.15, 0.2) is 0 Å². The van der Waals surface area contributed by atoms with Crippen molar-refractivity contribution in [2.75, 3.05) is 40.0 Å². The topological polar surface area (TPSA) is 33.7 Å². The highest BCUT2D eigenvalue weighted by Gasteiger charge is 2.18. The van der Waals surface area contributed by atoms with Crippen molar-refractivity contribution in [2.45, 2.75) is 25.9 Å². The summed E-state index contributed by atoms with van der Waals surface area (Å²) >= 11 is 0. The van der Waals surface area contributed by atoms with E-state index < -0.39 is 0 Å². The molecule has 4 nitrogen and oxygen atoms in total. The van der Waals surface area contributed by atoms with Crippen molar-refractivity contribution in [3.8, 4) is 5.75 Å². The maximum atomic E-state index is 5.81. The molecule has 0 saturated heterocycles. The predicted molar refractivity (Wildman–Crippen MR) is 81.2 cm³/mol. The minimum Gasteiger partial charge on any atom is -0.492 e. The number of ether oxygens (including phenoxy) is 2. The van der Waals surface area contributed by atoms with Crippen molar-refractivity contribution < 1.29 is 9.47 Å². The van der Waals surface area contributed by atoms with Gasteiger partial charge in [-0.1, -0.05) is 25.1 Å². The standard InChI is InChI=1S/C16H26N2O2/c1-3-8-17-15(13-19-2)12-18-9-10-20-16-7-5-4-6-14(16)11-18/h4-7,15,17H,3,8-13H2,1-2H3. The zero-order valence-electron chi connectivity index (χ0n) is 12.6. The lowest BCUT2D eigenvalue weighted by Crippen LogP contribution is -2.44. The second-order valence-electron chi connectivity index (χ2n) is 5.30. The predicted octanol–water partition coefficient (Wildman–Crippen LogP) is 1.90. The number of fused-ring (bicyclic) bond motifs is 1. The second kappa shape index (κ2) is 8.25. The van der Waals surface area contributed by atoms with Crippen molar-refractivity contribution in [2.24, 2.45) is 0 Å². The second-order valence-corrected chi connectivity index (χ2v) is 5.30. The molecule has 0 saturated carbocycles. The van der Waals surface area contributed by atoms with Crippen LogP contribution in [0.3, 0.4) is 0 Å². The van der Waals surface area contributed by atoms with E-state index in [-0.39, 0.29) is 0 Å². The Balaban J connectivity index is 1.94. The van der Waals surface area contributed by atoms with Crippen LogP contribution < -0.4 is 10.1 Å². The number of nitrogens with zero attached hydrogens (tertiary/aromatic N) is 1. The van der Waals surface area contributed by atoms with E-state index in [1.807, 2.05) is 6.07 Å². The highest BCUT2D eigenvalue weighted by Crippen LogP contribution is 2.22. The molecular weight excluding hydrogens is 252 g/mol. The molecule has 0 aromatic heterocycles. The summed E-state index contributed by atoms with van der Waals surface area (Å²) in [6.07, 6.45) is 1.14. The molecule has 0 bridgehead atoms. The third-order valence-corrected chi connectivity index (χ3v) is 3.56. The van der Waals surface area contributed by atoms with Gasteiger partial charge in [-0.05, 0) is 19.0 Å². The van der Waals surface area contributed by atoms with Crippen LogP contribution in [-0.4, -0.2) is 50.9 Å². The number of rotatable bonds is 7. The third-order valence-electron chi connectivity index (χ3n) is 3.56. The van der Waals surface area contributed by atoms with Gasteiger partial charge in [0.2, 0.25) is 0 Å². The van der Waals surface area contributed by atoms with Gasteiger partial charge in [0, 0.05) is 38.3 Å². The third kappa shape index (κ3) is 4.47. The van der Waals surface area contributed by atoms with Crippen molar-refractivity contribution in [3.63, 3.8) is 0 Å². The maximum Gasteiger partial charge on any atom is 0.123 e. The Kier molecular flexibility index (Phi) is 6.30. The van der Waals surface area contributed by atoms with E-state index in [0.29, 0.717) is 6.04 Å². The van der Waals surface area contributed by atoms with Gasteiger partial charge in [-0.3, -0.25) is 4.90 Å². The largest absolute Gasteiger partial charge is 0.492 e. The van der Waals surface area contributed by atoms with Crippen molar-refractivity contribution >= 4 is 0 Å². The number of methoxy groups -OCH3 is 1. The molecule has 1 aliphatic heterocycles. The fourth-order valence-electron chi connectivity index (χ4n) is 2.57. The summed E-state index contributed by atoms with van der Waals surface area (Å²) in [5.74, 6) is 1.03. The Hall–Kier alpha value is -1.10. The van der Waals surface area contributed by atoms with E-state index in [2.05, 4.69) is 35.3 Å². The molecule has 1 unspecified atom stereocenters. The van der Waals surface area contributed by atoms with Gasteiger partial charge in [-0.2, -0.15) is 0 Å². The summed E-state index contributed by atoms with van der Waals surface area (Å²) in [6, 6.07) is 8.70. The van der Waals surface area contributed by atoms with Crippen LogP contribution in [0.4, 0.5) is 0 Å². The first-order valence-electron chi connectivity index (χ1n) is 7.49. The molecule has 0 aliphatic carbocycles. The van der Waals surface area contributed by atoms with Crippen LogP contribution >= 0.6 is 0 Å². The molecule has 1 aliphatic rings. The lowest BCUT2D eigenvalue weighted by Gasteiger charge is -2.26. The minimum atomic E-state index is 0.380. The lowest BCUT2D eigenvalue weighted by atomic mass is 10.2. The first-order valence-corrected chi connectivity index (χ1v) is 7.49. The number of para-hydroxylation sites is 1. The normalized spacial score (nSPS) is 17.1. The molecule has 1 aromatic rings. The number of hydrogen-bond donors (Lipinski definition) is 1. The SMILES string of the molecule is CCCNC(COC)CN1CCOc2ccccc2C1. The average molecular weight is 278 g/mol. The first-order chi connectivity index (χ1) is 9.83. The highest BCUT2D eigenvalue weighted by molar-refractivity contribution is 5.33. The number of nitrogens with one attached hydrogen (secondary N) is 1. The molecule has 1 N–H and O–H groups in total. The van der Waals surface area contributed by atoms with E-state index >= 15 is 0 Å². The lowest BCUT2D eigenvalue weighted by molar-refractivity contribution is 0.131. The molecule has 1 atom stereocenters. The highest BCUT2D eigenvalue weighted by atomic mass is 16.5. The maximum absolute atomic E-state index is 5.81. The molecule has 112 valence electrons. The summed E-state index contributed by atoms with van der Waals surface area (Å²) in [6.45, 7) is 7.63. The van der Waals surface area contributed by atoms with Gasteiger partial charge >= 0.3 is 0 Å². The Labute approximate surface area is 122 Å². The number of hydrogen-bond acceptors (Lipinski definition) is 4. The molecule has 2 rings (SSSR count). The molecule has 20 heavy (non-hydrogen) atoms. The zero-order chi connectivity index (χ0) is 14.2. The van der Waals surface area contributed by atoms with Crippen molar-refractivity contribution in [3.05, 3.63) is 29.8 Å².